The monoisotopic (exact) mass is 200 g/mol. The molecule has 0 aliphatic rings. The highest BCUT2D eigenvalue weighted by Crippen LogP contribution is 2.20. The van der Waals surface area contributed by atoms with Crippen LogP contribution in [0.25, 0.3) is 10.9 Å². The van der Waals surface area contributed by atoms with Crippen LogP contribution in [0.3, 0.4) is 0 Å². The van der Waals surface area contributed by atoms with E-state index >= 15 is 0 Å². The molecule has 2 heteroatoms. The standard InChI is InChI=1S/C13H16N2/c1-2-4-12(14)10-6-7-13-11(9-10)5-3-8-15-13/h3,5-9,12H,2,4,14H2,1H3/t12-/m1/s1. The lowest BCUT2D eigenvalue weighted by atomic mass is 10.0. The van der Waals surface area contributed by atoms with Gasteiger partial charge in [0.25, 0.3) is 0 Å². The Morgan fingerprint density at radius 2 is 2.20 bits per heavy atom. The Kier molecular flexibility index (Phi) is 2.97. The van der Waals surface area contributed by atoms with E-state index in [-0.39, 0.29) is 6.04 Å². The van der Waals surface area contributed by atoms with Crippen LogP contribution in [0.5, 0.6) is 0 Å². The first-order valence-corrected chi connectivity index (χ1v) is 5.41. The van der Waals surface area contributed by atoms with Crippen molar-refractivity contribution in [3.8, 4) is 0 Å². The molecule has 0 aliphatic heterocycles. The third-order valence-corrected chi connectivity index (χ3v) is 2.65. The first kappa shape index (κ1) is 10.1. The number of hydrogen-bond donors (Lipinski definition) is 1. The van der Waals surface area contributed by atoms with Crippen LogP contribution in [-0.2, 0) is 0 Å². The van der Waals surface area contributed by atoms with E-state index in [2.05, 4.69) is 30.1 Å². The Labute approximate surface area is 90.1 Å². The summed E-state index contributed by atoms with van der Waals surface area (Å²) in [5.41, 5.74) is 8.31. The summed E-state index contributed by atoms with van der Waals surface area (Å²) in [6.45, 7) is 2.16. The second-order valence-electron chi connectivity index (χ2n) is 3.85. The molecule has 2 aromatic rings. The minimum absolute atomic E-state index is 0.152. The molecule has 0 saturated heterocycles. The average molecular weight is 200 g/mol. The number of pyridine rings is 1. The minimum atomic E-state index is 0.152. The van der Waals surface area contributed by atoms with Crippen LogP contribution >= 0.6 is 0 Å². The molecule has 0 amide bonds. The smallest absolute Gasteiger partial charge is 0.0702 e. The zero-order valence-electron chi connectivity index (χ0n) is 8.98. The first-order chi connectivity index (χ1) is 7.31. The summed E-state index contributed by atoms with van der Waals surface area (Å²) in [5, 5.41) is 1.17. The Morgan fingerprint density at radius 3 is 3.00 bits per heavy atom. The van der Waals surface area contributed by atoms with Crippen LogP contribution in [0.2, 0.25) is 0 Å². The van der Waals surface area contributed by atoms with Crippen LogP contribution in [0.1, 0.15) is 31.4 Å². The summed E-state index contributed by atoms with van der Waals surface area (Å²) in [6, 6.07) is 10.4. The molecular formula is C13H16N2. The second-order valence-corrected chi connectivity index (χ2v) is 3.85. The molecule has 1 heterocycles. The van der Waals surface area contributed by atoms with Gasteiger partial charge < -0.3 is 5.73 Å². The lowest BCUT2D eigenvalue weighted by molar-refractivity contribution is 0.639. The summed E-state index contributed by atoms with van der Waals surface area (Å²) in [5.74, 6) is 0. The van der Waals surface area contributed by atoms with Gasteiger partial charge in [-0.25, -0.2) is 0 Å². The van der Waals surface area contributed by atoms with Crippen molar-refractivity contribution < 1.29 is 0 Å². The molecule has 1 aromatic heterocycles. The quantitative estimate of drug-likeness (QED) is 0.827. The van der Waals surface area contributed by atoms with E-state index in [1.807, 2.05) is 18.3 Å². The van der Waals surface area contributed by atoms with Crippen LogP contribution in [0, 0.1) is 0 Å². The maximum atomic E-state index is 6.08. The van der Waals surface area contributed by atoms with E-state index in [0.717, 1.165) is 18.4 Å². The van der Waals surface area contributed by atoms with E-state index in [1.54, 1.807) is 0 Å². The number of rotatable bonds is 3. The molecular weight excluding hydrogens is 184 g/mol. The largest absolute Gasteiger partial charge is 0.324 e. The number of aromatic nitrogens is 1. The van der Waals surface area contributed by atoms with Gasteiger partial charge >= 0.3 is 0 Å². The molecule has 1 aromatic carbocycles. The van der Waals surface area contributed by atoms with Crippen molar-refractivity contribution in [2.45, 2.75) is 25.8 Å². The van der Waals surface area contributed by atoms with E-state index in [4.69, 9.17) is 5.73 Å². The summed E-state index contributed by atoms with van der Waals surface area (Å²) in [6.07, 6.45) is 3.96. The van der Waals surface area contributed by atoms with Gasteiger partial charge in [-0.1, -0.05) is 25.5 Å². The molecule has 0 bridgehead atoms. The third kappa shape index (κ3) is 2.16. The Bertz CT molecular complexity index is 451. The van der Waals surface area contributed by atoms with Crippen molar-refractivity contribution in [1.29, 1.82) is 0 Å². The lowest BCUT2D eigenvalue weighted by Crippen LogP contribution is -2.09. The predicted molar refractivity (Wildman–Crippen MR) is 63.6 cm³/mol. The van der Waals surface area contributed by atoms with Gasteiger partial charge in [0.2, 0.25) is 0 Å². The van der Waals surface area contributed by atoms with Crippen molar-refractivity contribution in [3.05, 3.63) is 42.1 Å². The Hall–Kier alpha value is -1.41. The summed E-state index contributed by atoms with van der Waals surface area (Å²) in [7, 11) is 0. The highest BCUT2D eigenvalue weighted by molar-refractivity contribution is 5.79. The first-order valence-electron chi connectivity index (χ1n) is 5.41. The van der Waals surface area contributed by atoms with Crippen LogP contribution in [0.4, 0.5) is 0 Å². The lowest BCUT2D eigenvalue weighted by Gasteiger charge is -2.11. The number of nitrogens with two attached hydrogens (primary N) is 1. The molecule has 0 aliphatic carbocycles. The van der Waals surface area contributed by atoms with Crippen LogP contribution in [0.15, 0.2) is 36.5 Å². The zero-order chi connectivity index (χ0) is 10.7. The topological polar surface area (TPSA) is 38.9 Å². The molecule has 1 atom stereocenters. The molecule has 15 heavy (non-hydrogen) atoms. The van der Waals surface area contributed by atoms with E-state index in [9.17, 15) is 0 Å². The van der Waals surface area contributed by atoms with Crippen molar-refractivity contribution in [2.75, 3.05) is 0 Å². The van der Waals surface area contributed by atoms with Gasteiger partial charge in [0.15, 0.2) is 0 Å². The molecule has 0 fully saturated rings. The molecule has 2 N–H and O–H groups in total. The number of fused-ring (bicyclic) bond motifs is 1. The summed E-state index contributed by atoms with van der Waals surface area (Å²) >= 11 is 0. The normalized spacial score (nSPS) is 12.9. The number of nitrogens with zero attached hydrogens (tertiary/aromatic N) is 1. The molecule has 2 nitrogen and oxygen atoms in total. The maximum absolute atomic E-state index is 6.08. The molecule has 0 saturated carbocycles. The van der Waals surface area contributed by atoms with Gasteiger partial charge in [-0.2, -0.15) is 0 Å². The number of hydrogen-bond acceptors (Lipinski definition) is 2. The van der Waals surface area contributed by atoms with Crippen molar-refractivity contribution in [1.82, 2.24) is 4.98 Å². The van der Waals surface area contributed by atoms with Gasteiger partial charge in [0, 0.05) is 17.6 Å². The van der Waals surface area contributed by atoms with Crippen molar-refractivity contribution >= 4 is 10.9 Å². The van der Waals surface area contributed by atoms with E-state index < -0.39 is 0 Å². The van der Waals surface area contributed by atoms with Crippen LogP contribution < -0.4 is 5.73 Å². The highest BCUT2D eigenvalue weighted by Gasteiger charge is 2.05. The molecule has 0 unspecified atom stereocenters. The SMILES string of the molecule is CCC[C@@H](N)c1ccc2ncccc2c1. The number of benzene rings is 1. The van der Waals surface area contributed by atoms with Gasteiger partial charge in [-0.05, 0) is 30.2 Å². The fraction of sp³-hybridized carbons (Fsp3) is 0.308. The second kappa shape index (κ2) is 4.41. The third-order valence-electron chi connectivity index (χ3n) is 2.65. The zero-order valence-corrected chi connectivity index (χ0v) is 8.98. The Morgan fingerprint density at radius 1 is 1.33 bits per heavy atom. The molecule has 78 valence electrons. The van der Waals surface area contributed by atoms with Crippen LogP contribution in [-0.4, -0.2) is 4.98 Å². The van der Waals surface area contributed by atoms with E-state index in [1.165, 1.54) is 10.9 Å². The molecule has 2 rings (SSSR count). The summed E-state index contributed by atoms with van der Waals surface area (Å²) < 4.78 is 0. The van der Waals surface area contributed by atoms with Crippen molar-refractivity contribution in [2.24, 2.45) is 5.73 Å². The predicted octanol–water partition coefficient (Wildman–Crippen LogP) is 3.03. The van der Waals surface area contributed by atoms with Gasteiger partial charge in [0.1, 0.15) is 0 Å². The Balaban J connectivity index is 2.38. The fourth-order valence-corrected chi connectivity index (χ4v) is 1.80. The average Bonchev–Trinajstić information content (AvgIpc) is 2.29. The van der Waals surface area contributed by atoms with Gasteiger partial charge in [0.05, 0.1) is 5.52 Å². The van der Waals surface area contributed by atoms with Gasteiger partial charge in [-0.15, -0.1) is 0 Å². The highest BCUT2D eigenvalue weighted by atomic mass is 14.6. The van der Waals surface area contributed by atoms with E-state index in [0.29, 0.717) is 0 Å². The fourth-order valence-electron chi connectivity index (χ4n) is 1.80. The van der Waals surface area contributed by atoms with Crippen molar-refractivity contribution in [3.63, 3.8) is 0 Å². The maximum Gasteiger partial charge on any atom is 0.0702 e. The molecule has 0 spiro atoms. The summed E-state index contributed by atoms with van der Waals surface area (Å²) in [4.78, 5) is 4.29. The molecule has 0 radical (unpaired) electrons. The minimum Gasteiger partial charge on any atom is -0.324 e. The van der Waals surface area contributed by atoms with Gasteiger partial charge in [-0.3, -0.25) is 4.98 Å².